The summed E-state index contributed by atoms with van der Waals surface area (Å²) in [7, 11) is 0. The number of allylic oxidation sites excluding steroid dienone is 1. The Bertz CT molecular complexity index is 1250. The zero-order valence-electron chi connectivity index (χ0n) is 20.3. The van der Waals surface area contributed by atoms with E-state index >= 15 is 0 Å². The number of fused-ring (bicyclic) bond motifs is 1. The summed E-state index contributed by atoms with van der Waals surface area (Å²) < 4.78 is 7.82. The van der Waals surface area contributed by atoms with Gasteiger partial charge in [-0.15, -0.1) is 5.10 Å². The molecule has 1 aromatic heterocycles. The van der Waals surface area contributed by atoms with E-state index in [2.05, 4.69) is 55.2 Å². The Kier molecular flexibility index (Phi) is 6.97. The van der Waals surface area contributed by atoms with E-state index in [0.29, 0.717) is 29.0 Å². The number of nitrogens with one attached hydrogen (secondary N) is 1. The maximum Gasteiger partial charge on any atom is 0.248 e. The minimum atomic E-state index is -0.482. The smallest absolute Gasteiger partial charge is 0.248 e. The quantitative estimate of drug-likeness (QED) is 0.441. The number of ether oxygens (including phenoxy) is 1. The Balaban J connectivity index is 1.60. The lowest BCUT2D eigenvalue weighted by Crippen LogP contribution is -2.31. The van der Waals surface area contributed by atoms with Crippen LogP contribution in [0, 0.1) is 20.8 Å². The topological polar surface area (TPSA) is 95.1 Å². The molecule has 0 fully saturated rings. The SMILES string of the molecule is CCCSc1nc2n(n1)C(c1ccc(OCc3cc(C)c(C)cc3C)cc1)C(C(N)=O)=C(C)N2. The molecule has 1 unspecified atom stereocenters. The summed E-state index contributed by atoms with van der Waals surface area (Å²) in [5, 5.41) is 8.53. The number of benzene rings is 2. The van der Waals surface area contributed by atoms with Gasteiger partial charge in [-0.05, 0) is 74.1 Å². The number of rotatable bonds is 8. The molecule has 7 nitrogen and oxygen atoms in total. The van der Waals surface area contributed by atoms with E-state index in [1.54, 1.807) is 16.4 Å². The Morgan fingerprint density at radius 3 is 2.50 bits per heavy atom. The number of hydrogen-bond donors (Lipinski definition) is 2. The Labute approximate surface area is 204 Å². The molecule has 1 amide bonds. The van der Waals surface area contributed by atoms with Gasteiger partial charge >= 0.3 is 0 Å². The molecule has 0 aliphatic carbocycles. The van der Waals surface area contributed by atoms with Crippen LogP contribution < -0.4 is 15.8 Å². The van der Waals surface area contributed by atoms with Gasteiger partial charge in [-0.25, -0.2) is 4.68 Å². The minimum Gasteiger partial charge on any atom is -0.489 e. The van der Waals surface area contributed by atoms with Crippen LogP contribution in [0.3, 0.4) is 0 Å². The second-order valence-electron chi connectivity index (χ2n) is 8.66. The molecule has 3 N–H and O–H groups in total. The van der Waals surface area contributed by atoms with Crippen molar-refractivity contribution in [1.82, 2.24) is 14.8 Å². The third-order valence-electron chi connectivity index (χ3n) is 6.08. The lowest BCUT2D eigenvalue weighted by molar-refractivity contribution is -0.115. The van der Waals surface area contributed by atoms with Gasteiger partial charge in [-0.2, -0.15) is 4.98 Å². The molecule has 2 aromatic carbocycles. The Morgan fingerprint density at radius 2 is 1.82 bits per heavy atom. The number of thioether (sulfide) groups is 1. The van der Waals surface area contributed by atoms with Crippen molar-refractivity contribution in [3.05, 3.63) is 75.5 Å². The van der Waals surface area contributed by atoms with Gasteiger partial charge in [0, 0.05) is 11.4 Å². The second kappa shape index (κ2) is 9.93. The van der Waals surface area contributed by atoms with Crippen molar-refractivity contribution in [3.8, 4) is 5.75 Å². The molecular formula is C26H31N5O2S. The van der Waals surface area contributed by atoms with Crippen molar-refractivity contribution >= 4 is 23.6 Å². The third kappa shape index (κ3) is 4.82. The average Bonchev–Trinajstić information content (AvgIpc) is 3.20. The van der Waals surface area contributed by atoms with Crippen LogP contribution in [0.2, 0.25) is 0 Å². The predicted molar refractivity (Wildman–Crippen MR) is 136 cm³/mol. The van der Waals surface area contributed by atoms with Crippen molar-refractivity contribution in [2.45, 2.75) is 58.8 Å². The summed E-state index contributed by atoms with van der Waals surface area (Å²) >= 11 is 1.59. The highest BCUT2D eigenvalue weighted by atomic mass is 32.2. The number of carbonyl (C=O) groups excluding carboxylic acids is 1. The molecule has 178 valence electrons. The van der Waals surface area contributed by atoms with Crippen LogP contribution in [0.4, 0.5) is 5.95 Å². The van der Waals surface area contributed by atoms with Crippen molar-refractivity contribution in [3.63, 3.8) is 0 Å². The monoisotopic (exact) mass is 477 g/mol. The standard InChI is InChI=1S/C26H31N5O2S/c1-6-11-34-26-29-25-28-18(5)22(24(27)32)23(31(25)30-26)19-7-9-21(10-8-19)33-14-20-13-16(3)15(2)12-17(20)4/h7-10,12-13,23H,6,11,14H2,1-5H3,(H2,27,32)(H,28,29,30). The van der Waals surface area contributed by atoms with Gasteiger partial charge in [-0.3, -0.25) is 4.79 Å². The fraction of sp³-hybridized carbons (Fsp3) is 0.346. The second-order valence-corrected chi connectivity index (χ2v) is 9.72. The number of nitrogens with two attached hydrogens (primary N) is 1. The number of anilines is 1. The fourth-order valence-electron chi connectivity index (χ4n) is 4.10. The van der Waals surface area contributed by atoms with E-state index < -0.39 is 11.9 Å². The first-order chi connectivity index (χ1) is 16.3. The van der Waals surface area contributed by atoms with Gasteiger partial charge in [0.25, 0.3) is 0 Å². The highest BCUT2D eigenvalue weighted by Crippen LogP contribution is 2.36. The third-order valence-corrected chi connectivity index (χ3v) is 7.12. The highest BCUT2D eigenvalue weighted by Gasteiger charge is 2.33. The van der Waals surface area contributed by atoms with Crippen LogP contribution >= 0.6 is 11.8 Å². The average molecular weight is 478 g/mol. The van der Waals surface area contributed by atoms with Gasteiger partial charge in [-0.1, -0.05) is 43.0 Å². The number of carbonyl (C=O) groups is 1. The first kappa shape index (κ1) is 23.9. The molecular weight excluding hydrogens is 446 g/mol. The molecule has 4 rings (SSSR count). The van der Waals surface area contributed by atoms with Crippen LogP contribution in [0.25, 0.3) is 0 Å². The van der Waals surface area contributed by atoms with E-state index in [4.69, 9.17) is 10.5 Å². The molecule has 3 aromatic rings. The first-order valence-corrected chi connectivity index (χ1v) is 12.4. The van der Waals surface area contributed by atoms with Crippen LogP contribution in [0.15, 0.2) is 52.8 Å². The van der Waals surface area contributed by atoms with Gasteiger partial charge in [0.05, 0.1) is 5.57 Å². The molecule has 0 saturated heterocycles. The maximum atomic E-state index is 12.4. The predicted octanol–water partition coefficient (Wildman–Crippen LogP) is 5.06. The normalized spacial score (nSPS) is 15.1. The number of amides is 1. The molecule has 0 bridgehead atoms. The minimum absolute atomic E-state index is 0.451. The lowest BCUT2D eigenvalue weighted by Gasteiger charge is -2.27. The summed E-state index contributed by atoms with van der Waals surface area (Å²) in [5.74, 6) is 1.81. The van der Waals surface area contributed by atoms with Gasteiger partial charge in [0.15, 0.2) is 0 Å². The van der Waals surface area contributed by atoms with E-state index in [0.717, 1.165) is 23.5 Å². The number of aryl methyl sites for hydroxylation is 3. The van der Waals surface area contributed by atoms with Crippen LogP contribution in [0.5, 0.6) is 5.75 Å². The lowest BCUT2D eigenvalue weighted by atomic mass is 9.95. The molecule has 0 spiro atoms. The number of aromatic nitrogens is 3. The van der Waals surface area contributed by atoms with Crippen molar-refractivity contribution in [1.29, 1.82) is 0 Å². The van der Waals surface area contributed by atoms with E-state index in [1.165, 1.54) is 22.3 Å². The molecule has 0 saturated carbocycles. The highest BCUT2D eigenvalue weighted by molar-refractivity contribution is 7.99. The van der Waals surface area contributed by atoms with Crippen molar-refractivity contribution in [2.75, 3.05) is 11.1 Å². The summed E-state index contributed by atoms with van der Waals surface area (Å²) in [6, 6.07) is 11.7. The molecule has 8 heteroatoms. The van der Waals surface area contributed by atoms with E-state index in [-0.39, 0.29) is 0 Å². The maximum absolute atomic E-state index is 12.4. The fourth-order valence-corrected chi connectivity index (χ4v) is 4.78. The van der Waals surface area contributed by atoms with Crippen LogP contribution in [-0.2, 0) is 11.4 Å². The van der Waals surface area contributed by atoms with Crippen LogP contribution in [-0.4, -0.2) is 26.4 Å². The molecule has 1 aliphatic heterocycles. The molecule has 0 radical (unpaired) electrons. The summed E-state index contributed by atoms with van der Waals surface area (Å²) in [6.45, 7) is 10.8. The Hall–Kier alpha value is -3.26. The van der Waals surface area contributed by atoms with Crippen LogP contribution in [0.1, 0.15) is 54.1 Å². The van der Waals surface area contributed by atoms with E-state index in [9.17, 15) is 4.79 Å². The number of nitrogens with zero attached hydrogens (tertiary/aromatic N) is 3. The van der Waals surface area contributed by atoms with Gasteiger partial charge in [0.1, 0.15) is 18.4 Å². The Morgan fingerprint density at radius 1 is 1.12 bits per heavy atom. The van der Waals surface area contributed by atoms with Gasteiger partial charge in [0.2, 0.25) is 17.0 Å². The molecule has 1 aliphatic rings. The molecule has 2 heterocycles. The molecule has 1 atom stereocenters. The van der Waals surface area contributed by atoms with Crippen molar-refractivity contribution < 1.29 is 9.53 Å². The van der Waals surface area contributed by atoms with E-state index in [1.807, 2.05) is 31.2 Å². The first-order valence-electron chi connectivity index (χ1n) is 11.4. The van der Waals surface area contributed by atoms with Gasteiger partial charge < -0.3 is 15.8 Å². The largest absolute Gasteiger partial charge is 0.489 e. The zero-order valence-corrected chi connectivity index (χ0v) is 21.1. The summed E-state index contributed by atoms with van der Waals surface area (Å²) in [6.07, 6.45) is 1.03. The van der Waals surface area contributed by atoms with Crippen molar-refractivity contribution in [2.24, 2.45) is 5.73 Å². The zero-order chi connectivity index (χ0) is 24.4. The number of primary amides is 1. The summed E-state index contributed by atoms with van der Waals surface area (Å²) in [4.78, 5) is 17.0. The molecule has 34 heavy (non-hydrogen) atoms. The summed E-state index contributed by atoms with van der Waals surface area (Å²) in [5.41, 5.74) is 12.8. The number of hydrogen-bond acceptors (Lipinski definition) is 6.